The minimum absolute atomic E-state index is 0.269. The van der Waals surface area contributed by atoms with E-state index in [1.807, 2.05) is 30.3 Å². The van der Waals surface area contributed by atoms with Crippen LogP contribution in [0.15, 0.2) is 42.5 Å². The number of fused-ring (bicyclic) bond motifs is 3. The lowest BCUT2D eigenvalue weighted by atomic mass is 9.75. The fraction of sp³-hybridized carbons (Fsp3) is 0.417. The van der Waals surface area contributed by atoms with Crippen molar-refractivity contribution in [2.75, 3.05) is 19.6 Å². The maximum absolute atomic E-state index is 11.1. The highest BCUT2D eigenvalue weighted by molar-refractivity contribution is 5.43. The van der Waals surface area contributed by atoms with Gasteiger partial charge in [0.05, 0.1) is 11.8 Å². The highest BCUT2D eigenvalue weighted by Gasteiger charge is 2.44. The van der Waals surface area contributed by atoms with Crippen molar-refractivity contribution in [2.45, 2.75) is 37.7 Å². The van der Waals surface area contributed by atoms with Crippen LogP contribution in [0.25, 0.3) is 0 Å². The van der Waals surface area contributed by atoms with Crippen molar-refractivity contribution < 1.29 is 5.11 Å². The molecule has 0 radical (unpaired) electrons. The van der Waals surface area contributed by atoms with Crippen molar-refractivity contribution in [3.63, 3.8) is 0 Å². The van der Waals surface area contributed by atoms with Gasteiger partial charge >= 0.3 is 0 Å². The summed E-state index contributed by atoms with van der Waals surface area (Å²) in [4.78, 5) is 7.10. The molecule has 0 aliphatic carbocycles. The summed E-state index contributed by atoms with van der Waals surface area (Å²) in [5.74, 6) is 6.73. The second kappa shape index (κ2) is 8.15. The van der Waals surface area contributed by atoms with Gasteiger partial charge in [0, 0.05) is 43.0 Å². The van der Waals surface area contributed by atoms with Crippen LogP contribution in [0, 0.1) is 29.1 Å². The molecule has 142 valence electrons. The van der Waals surface area contributed by atoms with Crippen molar-refractivity contribution in [3.05, 3.63) is 65.0 Å². The SMILES string of the molecule is N#CCCc1ccc(C#CC2(O)CN3CCC2CC3)c(Cc2ccccc2)n1. The average molecular weight is 371 g/mol. The van der Waals surface area contributed by atoms with Crippen LogP contribution in [-0.2, 0) is 12.8 Å². The van der Waals surface area contributed by atoms with Crippen LogP contribution in [-0.4, -0.2) is 40.2 Å². The zero-order chi connectivity index (χ0) is 19.4. The van der Waals surface area contributed by atoms with E-state index in [1.165, 1.54) is 5.56 Å². The normalized spacial score (nSPS) is 25.6. The van der Waals surface area contributed by atoms with Crippen LogP contribution in [0.1, 0.15) is 41.8 Å². The Hall–Kier alpha value is -2.66. The summed E-state index contributed by atoms with van der Waals surface area (Å²) < 4.78 is 0. The van der Waals surface area contributed by atoms with Crippen LogP contribution in [0.4, 0.5) is 0 Å². The molecule has 5 rings (SSSR count). The van der Waals surface area contributed by atoms with Crippen LogP contribution < -0.4 is 0 Å². The topological polar surface area (TPSA) is 60.1 Å². The molecule has 3 aliphatic rings. The van der Waals surface area contributed by atoms with Gasteiger partial charge in [-0.05, 0) is 43.6 Å². The Kier molecular flexibility index (Phi) is 5.44. The summed E-state index contributed by atoms with van der Waals surface area (Å²) in [6.45, 7) is 2.79. The van der Waals surface area contributed by atoms with Gasteiger partial charge in [-0.25, -0.2) is 0 Å². The highest BCUT2D eigenvalue weighted by Crippen LogP contribution is 2.35. The maximum Gasteiger partial charge on any atom is 0.141 e. The van der Waals surface area contributed by atoms with Crippen LogP contribution >= 0.6 is 0 Å². The fourth-order valence-electron chi connectivity index (χ4n) is 4.26. The molecule has 0 amide bonds. The molecule has 1 aromatic heterocycles. The quantitative estimate of drug-likeness (QED) is 0.840. The summed E-state index contributed by atoms with van der Waals surface area (Å²) in [5, 5.41) is 20.0. The summed E-state index contributed by atoms with van der Waals surface area (Å²) in [7, 11) is 0. The number of pyridine rings is 1. The summed E-state index contributed by atoms with van der Waals surface area (Å²) in [5.41, 5.74) is 2.96. The number of nitrogens with zero attached hydrogens (tertiary/aromatic N) is 3. The van der Waals surface area contributed by atoms with E-state index in [0.29, 0.717) is 25.8 Å². The summed E-state index contributed by atoms with van der Waals surface area (Å²) in [6.07, 6.45) is 3.84. The molecule has 3 fully saturated rings. The first-order chi connectivity index (χ1) is 13.7. The predicted octanol–water partition coefficient (Wildman–Crippen LogP) is 2.94. The third kappa shape index (κ3) is 4.09. The Labute approximate surface area is 166 Å². The first kappa shape index (κ1) is 18.7. The predicted molar refractivity (Wildman–Crippen MR) is 108 cm³/mol. The standard InChI is InChI=1S/C24H25N3O/c25-14-4-7-22-9-8-20(23(26-22)17-19-5-2-1-3-6-19)10-13-24(28)18-27-15-11-21(24)12-16-27/h1-3,5-6,8-9,21,28H,4,7,11-12,15-18H2. The van der Waals surface area contributed by atoms with Gasteiger partial charge in [-0.15, -0.1) is 0 Å². The Morgan fingerprint density at radius 1 is 1.14 bits per heavy atom. The zero-order valence-electron chi connectivity index (χ0n) is 16.1. The molecule has 4 heterocycles. The minimum atomic E-state index is -0.917. The van der Waals surface area contributed by atoms with E-state index in [1.54, 1.807) is 0 Å². The smallest absolute Gasteiger partial charge is 0.141 e. The van der Waals surface area contributed by atoms with E-state index in [4.69, 9.17) is 10.2 Å². The van der Waals surface area contributed by atoms with Crippen molar-refractivity contribution >= 4 is 0 Å². The van der Waals surface area contributed by atoms with Gasteiger partial charge in [0.1, 0.15) is 5.60 Å². The third-order valence-corrected chi connectivity index (χ3v) is 5.88. The van der Waals surface area contributed by atoms with E-state index < -0.39 is 5.60 Å². The van der Waals surface area contributed by atoms with Gasteiger partial charge < -0.3 is 5.11 Å². The molecule has 1 aromatic carbocycles. The van der Waals surface area contributed by atoms with E-state index in [9.17, 15) is 5.11 Å². The van der Waals surface area contributed by atoms with Crippen molar-refractivity contribution in [2.24, 2.45) is 5.92 Å². The highest BCUT2D eigenvalue weighted by atomic mass is 16.3. The molecule has 1 atom stereocenters. The molecule has 1 N–H and O–H groups in total. The van der Waals surface area contributed by atoms with Crippen LogP contribution in [0.5, 0.6) is 0 Å². The number of piperidine rings is 3. The first-order valence-electron chi connectivity index (χ1n) is 10.0. The minimum Gasteiger partial charge on any atom is -0.376 e. The van der Waals surface area contributed by atoms with Gasteiger partial charge in [0.25, 0.3) is 0 Å². The lowest BCUT2D eigenvalue weighted by Gasteiger charge is -2.47. The molecule has 0 spiro atoms. The maximum atomic E-state index is 11.1. The molecule has 28 heavy (non-hydrogen) atoms. The van der Waals surface area contributed by atoms with E-state index in [-0.39, 0.29) is 5.92 Å². The molecule has 3 saturated heterocycles. The Balaban J connectivity index is 1.63. The zero-order valence-corrected chi connectivity index (χ0v) is 16.1. The van der Waals surface area contributed by atoms with Crippen LogP contribution in [0.2, 0.25) is 0 Å². The number of aliphatic hydroxyl groups is 1. The van der Waals surface area contributed by atoms with E-state index in [0.717, 1.165) is 42.9 Å². The lowest BCUT2D eigenvalue weighted by Crippen LogP contribution is -2.58. The monoisotopic (exact) mass is 371 g/mol. The molecule has 0 saturated carbocycles. The van der Waals surface area contributed by atoms with E-state index >= 15 is 0 Å². The Bertz CT molecular complexity index is 930. The number of aryl methyl sites for hydroxylation is 1. The largest absolute Gasteiger partial charge is 0.376 e. The molecule has 2 aromatic rings. The van der Waals surface area contributed by atoms with Crippen molar-refractivity contribution in [1.82, 2.24) is 9.88 Å². The molecule has 4 nitrogen and oxygen atoms in total. The van der Waals surface area contributed by atoms with Gasteiger partial charge in [-0.1, -0.05) is 42.2 Å². The fourth-order valence-corrected chi connectivity index (χ4v) is 4.26. The lowest BCUT2D eigenvalue weighted by molar-refractivity contribution is -0.0713. The number of nitriles is 1. The van der Waals surface area contributed by atoms with Gasteiger partial charge in [-0.2, -0.15) is 5.26 Å². The summed E-state index contributed by atoms with van der Waals surface area (Å²) >= 11 is 0. The number of aromatic nitrogens is 1. The number of rotatable bonds is 4. The number of benzene rings is 1. The molecule has 1 unspecified atom stereocenters. The Morgan fingerprint density at radius 2 is 1.93 bits per heavy atom. The summed E-state index contributed by atoms with van der Waals surface area (Å²) in [6, 6.07) is 16.4. The Morgan fingerprint density at radius 3 is 2.61 bits per heavy atom. The first-order valence-corrected chi connectivity index (χ1v) is 10.0. The second-order valence-corrected chi connectivity index (χ2v) is 7.84. The van der Waals surface area contributed by atoms with Crippen molar-refractivity contribution in [3.8, 4) is 17.9 Å². The van der Waals surface area contributed by atoms with Gasteiger partial charge in [-0.3, -0.25) is 9.88 Å². The second-order valence-electron chi connectivity index (χ2n) is 7.84. The van der Waals surface area contributed by atoms with E-state index in [2.05, 4.69) is 34.9 Å². The molecule has 3 aliphatic heterocycles. The number of hydrogen-bond acceptors (Lipinski definition) is 4. The van der Waals surface area contributed by atoms with Gasteiger partial charge in [0.15, 0.2) is 0 Å². The third-order valence-electron chi connectivity index (χ3n) is 5.88. The van der Waals surface area contributed by atoms with Crippen molar-refractivity contribution in [1.29, 1.82) is 5.26 Å². The molecular formula is C24H25N3O. The van der Waals surface area contributed by atoms with Crippen LogP contribution in [0.3, 0.4) is 0 Å². The average Bonchev–Trinajstić information content (AvgIpc) is 2.73. The molecular weight excluding hydrogens is 346 g/mol. The molecule has 2 bridgehead atoms. The van der Waals surface area contributed by atoms with Gasteiger partial charge in [0.2, 0.25) is 0 Å². The number of hydrogen-bond donors (Lipinski definition) is 1. The molecule has 4 heteroatoms.